The maximum atomic E-state index is 12.9. The molecule has 4 N–H and O–H groups in total. The molecule has 3 rings (SSSR count). The summed E-state index contributed by atoms with van der Waals surface area (Å²) < 4.78 is 43.5. The van der Waals surface area contributed by atoms with Gasteiger partial charge in [0.2, 0.25) is 0 Å². The Hall–Kier alpha value is -3.63. The highest BCUT2D eigenvalue weighted by Crippen LogP contribution is 2.25. The molecule has 0 aliphatic heterocycles. The fraction of sp³-hybridized carbons (Fsp3) is 0.308. The number of H-pyrrole nitrogens is 1. The largest absolute Gasteiger partial charge is 0.490 e. The Balaban J connectivity index is 1.67. The molecule has 2 aromatic carbocycles. The Bertz CT molecular complexity index is 1200. The maximum absolute atomic E-state index is 12.9. The predicted octanol–water partition coefficient (Wildman–Crippen LogP) is 4.28. The summed E-state index contributed by atoms with van der Waals surface area (Å²) in [4.78, 5) is 26.5. The second-order valence-corrected chi connectivity index (χ2v) is 8.24. The van der Waals surface area contributed by atoms with Crippen molar-refractivity contribution < 1.29 is 27.5 Å². The number of halogens is 3. The molecule has 0 spiro atoms. The van der Waals surface area contributed by atoms with E-state index in [2.05, 4.69) is 21.2 Å². The van der Waals surface area contributed by atoms with Crippen LogP contribution in [0.25, 0.3) is 17.0 Å². The van der Waals surface area contributed by atoms with Gasteiger partial charge in [0.05, 0.1) is 0 Å². The van der Waals surface area contributed by atoms with Crippen molar-refractivity contribution in [1.82, 2.24) is 21.2 Å². The van der Waals surface area contributed by atoms with Crippen LogP contribution in [0.4, 0.5) is 13.2 Å². The van der Waals surface area contributed by atoms with E-state index in [9.17, 15) is 22.8 Å². The summed E-state index contributed by atoms with van der Waals surface area (Å²) >= 11 is 0. The third-order valence-electron chi connectivity index (χ3n) is 5.42. The highest BCUT2D eigenvalue weighted by Gasteiger charge is 2.42. The third-order valence-corrected chi connectivity index (χ3v) is 5.42. The van der Waals surface area contributed by atoms with E-state index in [1.165, 1.54) is 6.08 Å². The Kier molecular flexibility index (Phi) is 9.26. The van der Waals surface area contributed by atoms with Crippen LogP contribution in [0, 0.1) is 6.92 Å². The number of ether oxygens (including phenoxy) is 1. The number of amides is 1. The van der Waals surface area contributed by atoms with E-state index in [1.807, 2.05) is 38.1 Å². The van der Waals surface area contributed by atoms with Crippen molar-refractivity contribution in [3.05, 3.63) is 77.0 Å². The topological polar surface area (TPSA) is 95.2 Å². The number of para-hydroxylation sites is 1. The fourth-order valence-corrected chi connectivity index (χ4v) is 3.60. The van der Waals surface area contributed by atoms with E-state index in [0.29, 0.717) is 6.54 Å². The van der Waals surface area contributed by atoms with Crippen LogP contribution in [0.2, 0.25) is 0 Å². The minimum atomic E-state index is -5.10. The Morgan fingerprint density at radius 1 is 1.11 bits per heavy atom. The summed E-state index contributed by atoms with van der Waals surface area (Å²) in [5.74, 6) is -2.53. The maximum Gasteiger partial charge on any atom is 0.490 e. The number of nitrogens with one attached hydrogen (secondary N) is 4. The number of hydrogen-bond donors (Lipinski definition) is 4. The number of hydrazine groups is 1. The monoisotopic (exact) mass is 502 g/mol. The molecular weight excluding hydrogens is 473 g/mol. The number of fused-ring (bicyclic) bond motifs is 1. The molecular formula is C26H29F3N4O3. The first kappa shape index (κ1) is 27.0. The SMILES string of the molecule is CCCNNC(=O)/C=C/c1ccc(CNC(Cc2c(C)[nH]c3ccccc23)OC(=O)C(F)(F)F)cc1. The minimum Gasteiger partial charge on any atom is -0.440 e. The van der Waals surface area contributed by atoms with Gasteiger partial charge >= 0.3 is 12.1 Å². The van der Waals surface area contributed by atoms with Gasteiger partial charge in [0, 0.05) is 42.2 Å². The molecule has 0 radical (unpaired) electrons. The first-order valence-electron chi connectivity index (χ1n) is 11.5. The smallest absolute Gasteiger partial charge is 0.440 e. The molecule has 1 amide bonds. The van der Waals surface area contributed by atoms with Gasteiger partial charge in [-0.1, -0.05) is 49.4 Å². The van der Waals surface area contributed by atoms with Crippen molar-refractivity contribution in [2.24, 2.45) is 0 Å². The summed E-state index contributed by atoms with van der Waals surface area (Å²) in [6.07, 6.45) is -2.31. The van der Waals surface area contributed by atoms with Crippen molar-refractivity contribution in [3.63, 3.8) is 0 Å². The number of carbonyl (C=O) groups is 2. The highest BCUT2D eigenvalue weighted by molar-refractivity contribution is 5.91. The molecule has 7 nitrogen and oxygen atoms in total. The molecule has 1 heterocycles. The molecule has 0 bridgehead atoms. The second-order valence-electron chi connectivity index (χ2n) is 8.24. The zero-order valence-corrected chi connectivity index (χ0v) is 20.0. The van der Waals surface area contributed by atoms with Crippen LogP contribution in [0.5, 0.6) is 0 Å². The van der Waals surface area contributed by atoms with Crippen LogP contribution in [0.3, 0.4) is 0 Å². The Morgan fingerprint density at radius 3 is 2.53 bits per heavy atom. The van der Waals surface area contributed by atoms with E-state index in [-0.39, 0.29) is 18.9 Å². The van der Waals surface area contributed by atoms with Crippen LogP contribution in [-0.4, -0.2) is 35.8 Å². The zero-order valence-electron chi connectivity index (χ0n) is 20.0. The zero-order chi connectivity index (χ0) is 26.1. The van der Waals surface area contributed by atoms with Gasteiger partial charge in [-0.15, -0.1) is 0 Å². The number of carbonyl (C=O) groups excluding carboxylic acids is 2. The van der Waals surface area contributed by atoms with Gasteiger partial charge in [-0.25, -0.2) is 10.2 Å². The number of aromatic amines is 1. The fourth-order valence-electron chi connectivity index (χ4n) is 3.60. The first-order valence-corrected chi connectivity index (χ1v) is 11.5. The van der Waals surface area contributed by atoms with Crippen molar-refractivity contribution in [1.29, 1.82) is 0 Å². The summed E-state index contributed by atoms with van der Waals surface area (Å²) in [7, 11) is 0. The van der Waals surface area contributed by atoms with Gasteiger partial charge in [-0.3, -0.25) is 15.5 Å². The summed E-state index contributed by atoms with van der Waals surface area (Å²) in [5.41, 5.74) is 9.29. The molecule has 0 aliphatic carbocycles. The molecule has 1 aromatic heterocycles. The molecule has 1 atom stereocenters. The second kappa shape index (κ2) is 12.4. The van der Waals surface area contributed by atoms with Gasteiger partial charge in [0.25, 0.3) is 5.91 Å². The lowest BCUT2D eigenvalue weighted by Gasteiger charge is -2.20. The van der Waals surface area contributed by atoms with Gasteiger partial charge in [0.15, 0.2) is 6.23 Å². The number of hydrogen-bond acceptors (Lipinski definition) is 5. The molecule has 1 unspecified atom stereocenters. The molecule has 3 aromatic rings. The van der Waals surface area contributed by atoms with Crippen LogP contribution >= 0.6 is 0 Å². The summed E-state index contributed by atoms with van der Waals surface area (Å²) in [6, 6.07) is 14.5. The average molecular weight is 503 g/mol. The van der Waals surface area contributed by atoms with Gasteiger partial charge in [0.1, 0.15) is 0 Å². The first-order chi connectivity index (χ1) is 17.2. The summed E-state index contributed by atoms with van der Waals surface area (Å²) in [5, 5.41) is 3.78. The van der Waals surface area contributed by atoms with Gasteiger partial charge in [-0.2, -0.15) is 13.2 Å². The minimum absolute atomic E-state index is 0.0552. The lowest BCUT2D eigenvalue weighted by atomic mass is 10.1. The number of rotatable bonds is 11. The van der Waals surface area contributed by atoms with E-state index >= 15 is 0 Å². The van der Waals surface area contributed by atoms with Crippen LogP contribution < -0.4 is 16.2 Å². The molecule has 0 fully saturated rings. The standard InChI is InChI=1S/C26H29F3N4O3/c1-3-14-31-33-23(34)13-12-18-8-10-19(11-9-18)16-30-24(36-25(35)26(27,28)29)15-21-17(2)32-22-7-5-4-6-20(21)22/h4-13,24,30-32H,3,14-16H2,1-2H3,(H,33,34)/b13-12+. The number of benzene rings is 2. The van der Waals surface area contributed by atoms with E-state index in [4.69, 9.17) is 4.74 Å². The van der Waals surface area contributed by atoms with Crippen molar-refractivity contribution >= 4 is 28.9 Å². The number of alkyl halides is 3. The molecule has 0 aliphatic rings. The molecule has 192 valence electrons. The number of esters is 1. The average Bonchev–Trinajstić information content (AvgIpc) is 3.16. The Morgan fingerprint density at radius 2 is 1.83 bits per heavy atom. The predicted molar refractivity (Wildman–Crippen MR) is 131 cm³/mol. The van der Waals surface area contributed by atoms with Gasteiger partial charge in [-0.05, 0) is 42.2 Å². The number of aryl methyl sites for hydroxylation is 1. The quantitative estimate of drug-likeness (QED) is 0.103. The van der Waals surface area contributed by atoms with Crippen molar-refractivity contribution in [2.75, 3.05) is 6.54 Å². The van der Waals surface area contributed by atoms with E-state index in [1.54, 1.807) is 30.3 Å². The van der Waals surface area contributed by atoms with E-state index in [0.717, 1.165) is 39.7 Å². The normalized spacial score (nSPS) is 12.7. The molecule has 0 saturated carbocycles. The van der Waals surface area contributed by atoms with Crippen LogP contribution in [-0.2, 0) is 27.3 Å². The summed E-state index contributed by atoms with van der Waals surface area (Å²) in [6.45, 7) is 4.64. The Labute approximate surface area is 207 Å². The van der Waals surface area contributed by atoms with Crippen molar-refractivity contribution in [3.8, 4) is 0 Å². The van der Waals surface area contributed by atoms with Crippen LogP contribution in [0.15, 0.2) is 54.6 Å². The highest BCUT2D eigenvalue weighted by atomic mass is 19.4. The third kappa shape index (κ3) is 7.69. The lowest BCUT2D eigenvalue weighted by Crippen LogP contribution is -2.39. The lowest BCUT2D eigenvalue weighted by molar-refractivity contribution is -0.206. The molecule has 36 heavy (non-hydrogen) atoms. The van der Waals surface area contributed by atoms with Crippen LogP contribution in [0.1, 0.15) is 35.7 Å². The number of aromatic nitrogens is 1. The van der Waals surface area contributed by atoms with Crippen molar-refractivity contribution in [2.45, 2.75) is 45.6 Å². The van der Waals surface area contributed by atoms with E-state index < -0.39 is 18.4 Å². The molecule has 10 heteroatoms. The van der Waals surface area contributed by atoms with Gasteiger partial charge < -0.3 is 9.72 Å². The molecule has 0 saturated heterocycles.